The Labute approximate surface area is 177 Å². The van der Waals surface area contributed by atoms with Crippen molar-refractivity contribution in [1.82, 2.24) is 4.98 Å². The largest absolute Gasteiger partial charge is 0.481 e. The number of nitrogens with one attached hydrogen (secondary N) is 1. The second-order valence-electron chi connectivity index (χ2n) is 6.27. The second-order valence-corrected chi connectivity index (χ2v) is 8.39. The number of thiophene rings is 1. The lowest BCUT2D eigenvalue weighted by Crippen LogP contribution is -2.16. The summed E-state index contributed by atoms with van der Waals surface area (Å²) in [5, 5.41) is 11.9. The Bertz CT molecular complexity index is 849. The number of aliphatic carboxylic acids is 1. The van der Waals surface area contributed by atoms with Crippen molar-refractivity contribution in [1.29, 1.82) is 0 Å². The third-order valence-corrected chi connectivity index (χ3v) is 6.00. The molecule has 2 heterocycles. The van der Waals surface area contributed by atoms with Crippen LogP contribution in [-0.4, -0.2) is 46.4 Å². The zero-order valence-electron chi connectivity index (χ0n) is 16.4. The van der Waals surface area contributed by atoms with E-state index in [0.717, 1.165) is 42.3 Å². The molecule has 0 saturated carbocycles. The van der Waals surface area contributed by atoms with E-state index in [1.807, 2.05) is 6.07 Å². The van der Waals surface area contributed by atoms with Crippen LogP contribution in [0.2, 0.25) is 0 Å². The molecule has 0 fully saturated rings. The molecule has 2 N–H and O–H groups in total. The van der Waals surface area contributed by atoms with E-state index in [1.54, 1.807) is 12.1 Å². The van der Waals surface area contributed by atoms with Gasteiger partial charge in [0.2, 0.25) is 11.8 Å². The van der Waals surface area contributed by atoms with E-state index in [4.69, 9.17) is 9.84 Å². The number of anilines is 1. The minimum atomic E-state index is -0.972. The first kappa shape index (κ1) is 22.9. The van der Waals surface area contributed by atoms with Gasteiger partial charge in [-0.05, 0) is 25.0 Å². The molecular formula is C20H24N2O5S2. The molecule has 0 bridgehead atoms. The van der Waals surface area contributed by atoms with Gasteiger partial charge in [0, 0.05) is 22.7 Å². The molecule has 0 saturated heterocycles. The van der Waals surface area contributed by atoms with E-state index < -0.39 is 5.97 Å². The first-order valence-corrected chi connectivity index (χ1v) is 11.2. The summed E-state index contributed by atoms with van der Waals surface area (Å²) in [5.74, 6) is -1.26. The predicted molar refractivity (Wildman–Crippen MR) is 115 cm³/mol. The topological polar surface area (TPSA) is 106 Å². The van der Waals surface area contributed by atoms with E-state index in [1.165, 1.54) is 24.6 Å². The molecule has 1 amide bonds. The summed E-state index contributed by atoms with van der Waals surface area (Å²) in [4.78, 5) is 40.9. The number of amides is 1. The quantitative estimate of drug-likeness (QED) is 0.384. The summed E-state index contributed by atoms with van der Waals surface area (Å²) >= 11 is 2.40. The lowest BCUT2D eigenvalue weighted by Gasteiger charge is -2.06. The molecule has 0 aliphatic heterocycles. The number of ketones is 1. The van der Waals surface area contributed by atoms with Crippen molar-refractivity contribution in [3.63, 3.8) is 0 Å². The number of carboxylic acids is 1. The number of ether oxygens (including phenoxy) is 1. The van der Waals surface area contributed by atoms with E-state index in [-0.39, 0.29) is 23.2 Å². The van der Waals surface area contributed by atoms with Crippen LogP contribution in [0.4, 0.5) is 5.00 Å². The van der Waals surface area contributed by atoms with Gasteiger partial charge in [0.1, 0.15) is 5.00 Å². The SMILES string of the molecule is CCCCCc1cc(C(=O)c2ccc(OC)nc2)c(NC(=O)CSCC(=O)O)s1. The van der Waals surface area contributed by atoms with Crippen molar-refractivity contribution >= 4 is 45.8 Å². The Hall–Kier alpha value is -2.39. The number of hydrogen-bond donors (Lipinski definition) is 2. The third kappa shape index (κ3) is 7.17. The van der Waals surface area contributed by atoms with Gasteiger partial charge >= 0.3 is 5.97 Å². The standard InChI is InChI=1S/C20H24N2O5S2/c1-3-4-5-6-14-9-15(19(26)13-7-8-17(27-2)21-10-13)20(29-14)22-16(23)11-28-12-18(24)25/h7-10H,3-6,11-12H2,1-2H3,(H,22,23)(H,24,25). The van der Waals surface area contributed by atoms with Crippen LogP contribution < -0.4 is 10.1 Å². The normalized spacial score (nSPS) is 10.6. The molecule has 7 nitrogen and oxygen atoms in total. The lowest BCUT2D eigenvalue weighted by atomic mass is 10.1. The Morgan fingerprint density at radius 2 is 2.03 bits per heavy atom. The van der Waals surface area contributed by atoms with Crippen molar-refractivity contribution in [2.24, 2.45) is 0 Å². The number of methoxy groups -OCH3 is 1. The molecule has 0 radical (unpaired) electrons. The van der Waals surface area contributed by atoms with Gasteiger partial charge in [0.15, 0.2) is 5.78 Å². The number of aryl methyl sites for hydroxylation is 1. The summed E-state index contributed by atoms with van der Waals surface area (Å²) < 4.78 is 5.02. The number of pyridine rings is 1. The van der Waals surface area contributed by atoms with Gasteiger partial charge in [0.25, 0.3) is 0 Å². The first-order valence-electron chi connectivity index (χ1n) is 9.21. The van der Waals surface area contributed by atoms with Crippen LogP contribution in [0.25, 0.3) is 0 Å². The highest BCUT2D eigenvalue weighted by Gasteiger charge is 2.20. The highest BCUT2D eigenvalue weighted by Crippen LogP contribution is 2.31. The van der Waals surface area contributed by atoms with Crippen LogP contribution >= 0.6 is 23.1 Å². The summed E-state index contributed by atoms with van der Waals surface area (Å²) in [5.41, 5.74) is 0.824. The summed E-state index contributed by atoms with van der Waals surface area (Å²) in [6.45, 7) is 2.13. The molecule has 0 aromatic carbocycles. The van der Waals surface area contributed by atoms with Crippen LogP contribution in [-0.2, 0) is 16.0 Å². The molecule has 2 aromatic heterocycles. The highest BCUT2D eigenvalue weighted by atomic mass is 32.2. The fourth-order valence-corrected chi connectivity index (χ4v) is 4.21. The van der Waals surface area contributed by atoms with E-state index in [0.29, 0.717) is 22.0 Å². The number of thioether (sulfide) groups is 1. The van der Waals surface area contributed by atoms with Crippen LogP contribution in [0.3, 0.4) is 0 Å². The van der Waals surface area contributed by atoms with Gasteiger partial charge in [-0.15, -0.1) is 23.1 Å². The Morgan fingerprint density at radius 3 is 2.66 bits per heavy atom. The third-order valence-electron chi connectivity index (χ3n) is 3.97. The van der Waals surface area contributed by atoms with E-state index in [2.05, 4.69) is 17.2 Å². The average Bonchev–Trinajstić information content (AvgIpc) is 3.09. The van der Waals surface area contributed by atoms with Crippen molar-refractivity contribution in [3.05, 3.63) is 40.4 Å². The second kappa shape index (κ2) is 11.6. The number of hydrogen-bond acceptors (Lipinski definition) is 7. The zero-order valence-corrected chi connectivity index (χ0v) is 18.0. The Balaban J connectivity index is 2.19. The van der Waals surface area contributed by atoms with Crippen LogP contribution in [0, 0.1) is 0 Å². The molecule has 9 heteroatoms. The molecule has 0 spiro atoms. The predicted octanol–water partition coefficient (Wildman–Crippen LogP) is 3.87. The monoisotopic (exact) mass is 436 g/mol. The van der Waals surface area contributed by atoms with Crippen molar-refractivity contribution in [2.45, 2.75) is 32.6 Å². The van der Waals surface area contributed by atoms with E-state index >= 15 is 0 Å². The van der Waals surface area contributed by atoms with Crippen molar-refractivity contribution in [2.75, 3.05) is 23.9 Å². The maximum absolute atomic E-state index is 13.0. The molecule has 2 aromatic rings. The van der Waals surface area contributed by atoms with Gasteiger partial charge in [-0.1, -0.05) is 19.8 Å². The fourth-order valence-electron chi connectivity index (χ4n) is 2.56. The molecule has 0 aliphatic rings. The number of carbonyl (C=O) groups is 3. The molecule has 0 aliphatic carbocycles. The van der Waals surface area contributed by atoms with Crippen molar-refractivity contribution < 1.29 is 24.2 Å². The number of aromatic nitrogens is 1. The first-order chi connectivity index (χ1) is 13.9. The van der Waals surface area contributed by atoms with Gasteiger partial charge in [0.05, 0.1) is 24.2 Å². The zero-order chi connectivity index (χ0) is 21.2. The highest BCUT2D eigenvalue weighted by molar-refractivity contribution is 8.00. The number of carbonyl (C=O) groups excluding carboxylic acids is 2. The summed E-state index contributed by atoms with van der Waals surface area (Å²) in [6, 6.07) is 5.08. The average molecular weight is 437 g/mol. The van der Waals surface area contributed by atoms with Gasteiger partial charge < -0.3 is 15.2 Å². The minimum absolute atomic E-state index is 0.00703. The maximum Gasteiger partial charge on any atom is 0.313 e. The number of rotatable bonds is 12. The Morgan fingerprint density at radius 1 is 1.24 bits per heavy atom. The minimum Gasteiger partial charge on any atom is -0.481 e. The van der Waals surface area contributed by atoms with Gasteiger partial charge in [-0.2, -0.15) is 0 Å². The molecule has 29 heavy (non-hydrogen) atoms. The fraction of sp³-hybridized carbons (Fsp3) is 0.400. The molecule has 0 atom stereocenters. The molecule has 0 unspecified atom stereocenters. The Kier molecular flexibility index (Phi) is 9.14. The van der Waals surface area contributed by atoms with Crippen molar-refractivity contribution in [3.8, 4) is 5.88 Å². The molecular weight excluding hydrogens is 412 g/mol. The van der Waals surface area contributed by atoms with Crippen LogP contribution in [0.1, 0.15) is 47.0 Å². The van der Waals surface area contributed by atoms with Gasteiger partial charge in [-0.25, -0.2) is 4.98 Å². The number of carboxylic acid groups (broad SMARTS) is 1. The maximum atomic E-state index is 13.0. The summed E-state index contributed by atoms with van der Waals surface area (Å²) in [7, 11) is 1.50. The number of unbranched alkanes of at least 4 members (excludes halogenated alkanes) is 2. The van der Waals surface area contributed by atoms with Crippen LogP contribution in [0.5, 0.6) is 5.88 Å². The van der Waals surface area contributed by atoms with E-state index in [9.17, 15) is 14.4 Å². The molecule has 156 valence electrons. The smallest absolute Gasteiger partial charge is 0.313 e. The summed E-state index contributed by atoms with van der Waals surface area (Å²) in [6.07, 6.45) is 5.49. The number of nitrogens with zero attached hydrogens (tertiary/aromatic N) is 1. The van der Waals surface area contributed by atoms with Crippen LogP contribution in [0.15, 0.2) is 24.4 Å². The lowest BCUT2D eigenvalue weighted by molar-refractivity contribution is -0.133. The molecule has 2 rings (SSSR count). The van der Waals surface area contributed by atoms with Gasteiger partial charge in [-0.3, -0.25) is 14.4 Å².